The molecule has 126 valence electrons. The second kappa shape index (κ2) is 16.4. The Morgan fingerprint density at radius 3 is 1.55 bits per heavy atom. The zero-order chi connectivity index (χ0) is 16.0. The van der Waals surface area contributed by atoms with Crippen molar-refractivity contribution in [1.82, 2.24) is 0 Å². The maximum Gasteiger partial charge on any atom is 1.00 e. The number of rotatable bonds is 15. The van der Waals surface area contributed by atoms with Gasteiger partial charge >= 0.3 is 29.6 Å². The quantitative estimate of drug-likeness (QED) is 0.189. The Kier molecular flexibility index (Phi) is 18.5. The van der Waals surface area contributed by atoms with Gasteiger partial charge in [-0.25, -0.2) is 8.42 Å². The van der Waals surface area contributed by atoms with E-state index in [-0.39, 0.29) is 41.9 Å². The standard InChI is InChI=1S/C15H30O5S.Na/c1-15(16)13-11-9-7-5-3-2-4-6-8-10-12-14-20-21(17,18)19;/h2-14H2,1H3,(H,17,18,19);/q;+1/p-1. The van der Waals surface area contributed by atoms with Crippen LogP contribution in [0.3, 0.4) is 0 Å². The normalized spacial score (nSPS) is 11.2. The van der Waals surface area contributed by atoms with Crippen LogP contribution < -0.4 is 29.6 Å². The van der Waals surface area contributed by atoms with Crippen LogP contribution in [-0.4, -0.2) is 25.4 Å². The SMILES string of the molecule is CC(=O)CCCCCCCCCCCCCOS(=O)(=O)[O-].[Na+]. The first-order valence-corrected chi connectivity index (χ1v) is 9.35. The van der Waals surface area contributed by atoms with Gasteiger partial charge in [-0.3, -0.25) is 4.18 Å². The molecule has 0 bridgehead atoms. The molecule has 0 amide bonds. The summed E-state index contributed by atoms with van der Waals surface area (Å²) in [6.07, 6.45) is 12.8. The molecular formula is C15H29NaO5S. The number of carbonyl (C=O) groups is 1. The summed E-state index contributed by atoms with van der Waals surface area (Å²) in [5, 5.41) is 0. The summed E-state index contributed by atoms with van der Waals surface area (Å²) in [5.41, 5.74) is 0. The molecule has 0 radical (unpaired) electrons. The summed E-state index contributed by atoms with van der Waals surface area (Å²) in [6.45, 7) is 1.65. The van der Waals surface area contributed by atoms with E-state index >= 15 is 0 Å². The van der Waals surface area contributed by atoms with E-state index in [1.807, 2.05) is 0 Å². The third-order valence-corrected chi connectivity index (χ3v) is 3.86. The average molecular weight is 344 g/mol. The summed E-state index contributed by atoms with van der Waals surface area (Å²) >= 11 is 0. The summed E-state index contributed by atoms with van der Waals surface area (Å²) in [7, 11) is -4.51. The molecule has 0 unspecified atom stereocenters. The van der Waals surface area contributed by atoms with Crippen molar-refractivity contribution in [3.8, 4) is 0 Å². The molecule has 0 aromatic rings. The molecule has 0 aromatic heterocycles. The minimum absolute atomic E-state index is 0. The van der Waals surface area contributed by atoms with Crippen molar-refractivity contribution in [2.45, 2.75) is 84.0 Å². The van der Waals surface area contributed by atoms with E-state index in [0.717, 1.165) is 38.5 Å². The first-order chi connectivity index (χ1) is 9.92. The maximum absolute atomic E-state index is 10.7. The molecular weight excluding hydrogens is 315 g/mol. The number of carbonyl (C=O) groups excluding carboxylic acids is 1. The van der Waals surface area contributed by atoms with Crippen LogP contribution in [0.1, 0.15) is 84.0 Å². The molecule has 7 heteroatoms. The van der Waals surface area contributed by atoms with Gasteiger partial charge in [0.05, 0.1) is 6.61 Å². The summed E-state index contributed by atoms with van der Waals surface area (Å²) in [6, 6.07) is 0. The van der Waals surface area contributed by atoms with Crippen LogP contribution >= 0.6 is 0 Å². The van der Waals surface area contributed by atoms with Crippen molar-refractivity contribution in [2.24, 2.45) is 0 Å². The van der Waals surface area contributed by atoms with Crippen molar-refractivity contribution < 1.29 is 51.5 Å². The molecule has 0 rings (SSSR count). The maximum atomic E-state index is 10.7. The Bertz CT molecular complexity index is 357. The van der Waals surface area contributed by atoms with Crippen molar-refractivity contribution in [2.75, 3.05) is 6.61 Å². The fourth-order valence-corrected chi connectivity index (χ4v) is 2.55. The van der Waals surface area contributed by atoms with Gasteiger partial charge < -0.3 is 9.35 Å². The first-order valence-electron chi connectivity index (χ1n) is 8.01. The van der Waals surface area contributed by atoms with Gasteiger partial charge in [0.1, 0.15) is 5.78 Å². The second-order valence-corrected chi connectivity index (χ2v) is 6.62. The number of Topliss-reactive ketones (excluding diaryl/α,β-unsaturated/α-hetero) is 1. The van der Waals surface area contributed by atoms with Crippen molar-refractivity contribution in [1.29, 1.82) is 0 Å². The minimum atomic E-state index is -4.51. The molecule has 0 fully saturated rings. The van der Waals surface area contributed by atoms with Crippen molar-refractivity contribution in [3.63, 3.8) is 0 Å². The van der Waals surface area contributed by atoms with Crippen molar-refractivity contribution in [3.05, 3.63) is 0 Å². The number of hydrogen-bond acceptors (Lipinski definition) is 5. The van der Waals surface area contributed by atoms with E-state index < -0.39 is 10.4 Å². The summed E-state index contributed by atoms with van der Waals surface area (Å²) < 4.78 is 34.6. The van der Waals surface area contributed by atoms with Gasteiger partial charge in [0.2, 0.25) is 10.4 Å². The Morgan fingerprint density at radius 2 is 1.18 bits per heavy atom. The molecule has 0 aliphatic rings. The molecule has 0 saturated heterocycles. The van der Waals surface area contributed by atoms with Gasteiger partial charge in [0, 0.05) is 6.42 Å². The molecule has 5 nitrogen and oxygen atoms in total. The molecule has 22 heavy (non-hydrogen) atoms. The van der Waals surface area contributed by atoms with Gasteiger partial charge in [-0.1, -0.05) is 57.8 Å². The number of ketones is 1. The molecule has 0 atom stereocenters. The fraction of sp³-hybridized carbons (Fsp3) is 0.933. The smallest absolute Gasteiger partial charge is 0.726 e. The molecule has 0 heterocycles. The van der Waals surface area contributed by atoms with E-state index in [2.05, 4.69) is 4.18 Å². The molecule has 0 N–H and O–H groups in total. The monoisotopic (exact) mass is 344 g/mol. The Labute approximate surface area is 157 Å². The van der Waals surface area contributed by atoms with Crippen LogP contribution in [0, 0.1) is 0 Å². The molecule has 0 aromatic carbocycles. The van der Waals surface area contributed by atoms with Crippen LogP contribution in [-0.2, 0) is 19.4 Å². The first kappa shape index (κ1) is 24.8. The van der Waals surface area contributed by atoms with Crippen LogP contribution in [0.5, 0.6) is 0 Å². The van der Waals surface area contributed by atoms with E-state index in [9.17, 15) is 17.8 Å². The predicted molar refractivity (Wildman–Crippen MR) is 81.7 cm³/mol. The van der Waals surface area contributed by atoms with Gasteiger partial charge in [-0.05, 0) is 19.8 Å². The summed E-state index contributed by atoms with van der Waals surface area (Å²) in [4.78, 5) is 10.7. The second-order valence-electron chi connectivity index (χ2n) is 5.57. The van der Waals surface area contributed by atoms with Crippen LogP contribution in [0.2, 0.25) is 0 Å². The molecule has 0 aliphatic heterocycles. The van der Waals surface area contributed by atoms with Crippen molar-refractivity contribution >= 4 is 16.2 Å². The van der Waals surface area contributed by atoms with Gasteiger partial charge in [-0.2, -0.15) is 0 Å². The van der Waals surface area contributed by atoms with Gasteiger partial charge in [0.15, 0.2) is 0 Å². The Balaban J connectivity index is 0. The van der Waals surface area contributed by atoms with Crippen LogP contribution in [0.4, 0.5) is 0 Å². The van der Waals surface area contributed by atoms with E-state index in [0.29, 0.717) is 6.42 Å². The molecule has 0 aliphatic carbocycles. The fourth-order valence-electron chi connectivity index (χ4n) is 2.23. The minimum Gasteiger partial charge on any atom is -0.726 e. The topological polar surface area (TPSA) is 83.5 Å². The number of hydrogen-bond donors (Lipinski definition) is 0. The van der Waals surface area contributed by atoms with E-state index in [1.165, 1.54) is 32.1 Å². The van der Waals surface area contributed by atoms with E-state index in [1.54, 1.807) is 6.92 Å². The Morgan fingerprint density at radius 1 is 0.818 bits per heavy atom. The zero-order valence-electron chi connectivity index (χ0n) is 14.1. The third-order valence-electron chi connectivity index (χ3n) is 3.40. The van der Waals surface area contributed by atoms with Gasteiger partial charge in [0.25, 0.3) is 0 Å². The summed E-state index contributed by atoms with van der Waals surface area (Å²) in [5.74, 6) is 0.285. The predicted octanol–water partition coefficient (Wildman–Crippen LogP) is 0.737. The molecule has 0 saturated carbocycles. The average Bonchev–Trinajstić information content (AvgIpc) is 2.37. The Hall–Kier alpha value is 0.540. The van der Waals surface area contributed by atoms with E-state index in [4.69, 9.17) is 0 Å². The van der Waals surface area contributed by atoms with Gasteiger partial charge in [-0.15, -0.1) is 0 Å². The number of unbranched alkanes of at least 4 members (excludes halogenated alkanes) is 10. The zero-order valence-corrected chi connectivity index (χ0v) is 17.0. The third kappa shape index (κ3) is 22.8. The van der Waals surface area contributed by atoms with Crippen LogP contribution in [0.25, 0.3) is 0 Å². The molecule has 0 spiro atoms. The van der Waals surface area contributed by atoms with Crippen LogP contribution in [0.15, 0.2) is 0 Å². The largest absolute Gasteiger partial charge is 1.00 e.